The number of sulfonamides is 1. The van der Waals surface area contributed by atoms with Gasteiger partial charge in [-0.15, -0.1) is 0 Å². The molecule has 0 unspecified atom stereocenters. The van der Waals surface area contributed by atoms with E-state index < -0.39 is 32.4 Å². The molecule has 2 aromatic rings. The van der Waals surface area contributed by atoms with Crippen molar-refractivity contribution in [2.45, 2.75) is 4.90 Å². The van der Waals surface area contributed by atoms with E-state index in [1.165, 1.54) is 4.90 Å². The van der Waals surface area contributed by atoms with Crippen LogP contribution in [0.25, 0.3) is 0 Å². The van der Waals surface area contributed by atoms with Gasteiger partial charge in [-0.1, -0.05) is 18.2 Å². The standard InChI is InChI=1S/C18H17F3N2O4S/c19-14-6-7-15(18(21)17(14)20)28(25,26)23-10-8-22(9-11-23)16(24)12-27-13-4-2-1-3-5-13/h1-7H,8-12H2. The fourth-order valence-corrected chi connectivity index (χ4v) is 4.26. The van der Waals surface area contributed by atoms with E-state index in [1.807, 2.05) is 6.07 Å². The molecule has 1 heterocycles. The molecule has 28 heavy (non-hydrogen) atoms. The third kappa shape index (κ3) is 4.12. The molecule has 0 atom stereocenters. The number of halogens is 3. The second kappa shape index (κ2) is 8.19. The molecule has 1 saturated heterocycles. The van der Waals surface area contributed by atoms with Crippen molar-refractivity contribution in [3.05, 3.63) is 59.9 Å². The second-order valence-corrected chi connectivity index (χ2v) is 7.97. The van der Waals surface area contributed by atoms with Gasteiger partial charge >= 0.3 is 0 Å². The van der Waals surface area contributed by atoms with E-state index in [0.717, 1.165) is 4.31 Å². The quantitative estimate of drug-likeness (QED) is 0.703. The molecule has 0 saturated carbocycles. The van der Waals surface area contributed by atoms with Crippen LogP contribution in [0.2, 0.25) is 0 Å². The number of ether oxygens (including phenoxy) is 1. The van der Waals surface area contributed by atoms with Crippen LogP contribution in [0.1, 0.15) is 0 Å². The Balaban J connectivity index is 1.61. The summed E-state index contributed by atoms with van der Waals surface area (Å²) >= 11 is 0. The molecule has 0 aromatic heterocycles. The minimum atomic E-state index is -4.35. The van der Waals surface area contributed by atoms with E-state index >= 15 is 0 Å². The van der Waals surface area contributed by atoms with Gasteiger partial charge in [-0.05, 0) is 24.3 Å². The highest BCUT2D eigenvalue weighted by Crippen LogP contribution is 2.24. The SMILES string of the molecule is O=C(COc1ccccc1)N1CCN(S(=O)(=O)c2ccc(F)c(F)c2F)CC1. The molecule has 1 aliphatic rings. The molecule has 1 fully saturated rings. The first-order chi connectivity index (χ1) is 13.3. The molecule has 2 aromatic carbocycles. The molecule has 0 N–H and O–H groups in total. The van der Waals surface area contributed by atoms with E-state index in [9.17, 15) is 26.4 Å². The van der Waals surface area contributed by atoms with Crippen molar-refractivity contribution in [2.24, 2.45) is 0 Å². The molecule has 0 aliphatic carbocycles. The predicted octanol–water partition coefficient (Wildman–Crippen LogP) is 2.02. The molecule has 0 spiro atoms. The Hall–Kier alpha value is -2.59. The second-order valence-electron chi connectivity index (χ2n) is 6.06. The number of benzene rings is 2. The Morgan fingerprint density at radius 3 is 2.21 bits per heavy atom. The van der Waals surface area contributed by atoms with Crippen LogP contribution in [0.4, 0.5) is 13.2 Å². The number of rotatable bonds is 5. The molecular weight excluding hydrogens is 397 g/mol. The molecule has 3 rings (SSSR count). The zero-order valence-corrected chi connectivity index (χ0v) is 15.5. The highest BCUT2D eigenvalue weighted by atomic mass is 32.2. The van der Waals surface area contributed by atoms with Gasteiger partial charge in [-0.25, -0.2) is 21.6 Å². The summed E-state index contributed by atoms with van der Waals surface area (Å²) in [5.74, 6) is -4.85. The van der Waals surface area contributed by atoms with Gasteiger partial charge in [0.15, 0.2) is 24.1 Å². The van der Waals surface area contributed by atoms with Gasteiger partial charge in [0.05, 0.1) is 0 Å². The van der Waals surface area contributed by atoms with Crippen molar-refractivity contribution in [3.8, 4) is 5.75 Å². The average molecular weight is 414 g/mol. The normalized spacial score (nSPS) is 15.5. The summed E-state index contributed by atoms with van der Waals surface area (Å²) in [6.45, 7) is -0.257. The van der Waals surface area contributed by atoms with Crippen LogP contribution in [-0.2, 0) is 14.8 Å². The fraction of sp³-hybridized carbons (Fsp3) is 0.278. The van der Waals surface area contributed by atoms with Crippen LogP contribution in [0.15, 0.2) is 47.4 Å². The smallest absolute Gasteiger partial charge is 0.260 e. The number of hydrogen-bond acceptors (Lipinski definition) is 4. The number of amides is 1. The lowest BCUT2D eigenvalue weighted by atomic mass is 10.3. The lowest BCUT2D eigenvalue weighted by molar-refractivity contribution is -0.134. The van der Waals surface area contributed by atoms with E-state index in [2.05, 4.69) is 0 Å². The molecular formula is C18H17F3N2O4S. The Kier molecular flexibility index (Phi) is 5.90. The van der Waals surface area contributed by atoms with Gasteiger partial charge in [-0.3, -0.25) is 4.79 Å². The van der Waals surface area contributed by atoms with Crippen LogP contribution in [0.3, 0.4) is 0 Å². The number of hydrogen-bond donors (Lipinski definition) is 0. The highest BCUT2D eigenvalue weighted by Gasteiger charge is 2.33. The number of piperazine rings is 1. The third-order valence-electron chi connectivity index (χ3n) is 4.31. The van der Waals surface area contributed by atoms with Gasteiger partial charge in [0.25, 0.3) is 5.91 Å². The van der Waals surface area contributed by atoms with Crippen molar-refractivity contribution in [1.29, 1.82) is 0 Å². The monoisotopic (exact) mass is 414 g/mol. The summed E-state index contributed by atoms with van der Waals surface area (Å²) in [7, 11) is -4.35. The first-order valence-electron chi connectivity index (χ1n) is 8.40. The zero-order valence-electron chi connectivity index (χ0n) is 14.6. The summed E-state index contributed by atoms with van der Waals surface area (Å²) in [5.41, 5.74) is 0. The maximum Gasteiger partial charge on any atom is 0.260 e. The molecule has 0 radical (unpaired) electrons. The molecule has 150 valence electrons. The predicted molar refractivity (Wildman–Crippen MR) is 93.6 cm³/mol. The van der Waals surface area contributed by atoms with E-state index in [4.69, 9.17) is 4.74 Å². The first kappa shape index (κ1) is 20.2. The number of carbonyl (C=O) groups excluding carboxylic acids is 1. The molecule has 0 bridgehead atoms. The van der Waals surface area contributed by atoms with Crippen LogP contribution >= 0.6 is 0 Å². The van der Waals surface area contributed by atoms with Crippen molar-refractivity contribution >= 4 is 15.9 Å². The maximum absolute atomic E-state index is 13.9. The molecule has 1 aliphatic heterocycles. The summed E-state index contributed by atoms with van der Waals surface area (Å²) < 4.78 is 71.7. The van der Waals surface area contributed by atoms with E-state index in [-0.39, 0.29) is 38.7 Å². The Bertz CT molecular complexity index is 962. The Morgan fingerprint density at radius 1 is 0.929 bits per heavy atom. The van der Waals surface area contributed by atoms with Gasteiger partial charge in [0.1, 0.15) is 10.6 Å². The number of carbonyl (C=O) groups is 1. The highest BCUT2D eigenvalue weighted by molar-refractivity contribution is 7.89. The van der Waals surface area contributed by atoms with Crippen LogP contribution in [0, 0.1) is 17.5 Å². The lowest BCUT2D eigenvalue weighted by Crippen LogP contribution is -2.51. The average Bonchev–Trinajstić information content (AvgIpc) is 2.71. The van der Waals surface area contributed by atoms with Gasteiger partial charge in [0.2, 0.25) is 10.0 Å². The van der Waals surface area contributed by atoms with Crippen molar-refractivity contribution in [3.63, 3.8) is 0 Å². The van der Waals surface area contributed by atoms with Gasteiger partial charge in [0, 0.05) is 26.2 Å². The summed E-state index contributed by atoms with van der Waals surface area (Å²) in [5, 5.41) is 0. The zero-order chi connectivity index (χ0) is 20.3. The van der Waals surface area contributed by atoms with Crippen molar-refractivity contribution < 1.29 is 31.1 Å². The number of para-hydroxylation sites is 1. The summed E-state index contributed by atoms with van der Waals surface area (Å²) in [6.07, 6.45) is 0. The largest absolute Gasteiger partial charge is 0.484 e. The van der Waals surface area contributed by atoms with E-state index in [0.29, 0.717) is 17.9 Å². The van der Waals surface area contributed by atoms with Gasteiger partial charge < -0.3 is 9.64 Å². The Morgan fingerprint density at radius 2 is 1.57 bits per heavy atom. The number of nitrogens with zero attached hydrogens (tertiary/aromatic N) is 2. The molecule has 6 nitrogen and oxygen atoms in total. The van der Waals surface area contributed by atoms with Crippen LogP contribution < -0.4 is 4.74 Å². The van der Waals surface area contributed by atoms with E-state index in [1.54, 1.807) is 24.3 Å². The summed E-state index contributed by atoms with van der Waals surface area (Å²) in [4.78, 5) is 12.7. The first-order valence-corrected chi connectivity index (χ1v) is 9.84. The third-order valence-corrected chi connectivity index (χ3v) is 6.23. The maximum atomic E-state index is 13.9. The van der Waals surface area contributed by atoms with Crippen molar-refractivity contribution in [2.75, 3.05) is 32.8 Å². The Labute approximate surface area is 160 Å². The van der Waals surface area contributed by atoms with Crippen molar-refractivity contribution in [1.82, 2.24) is 9.21 Å². The lowest BCUT2D eigenvalue weighted by Gasteiger charge is -2.34. The molecule has 1 amide bonds. The fourth-order valence-electron chi connectivity index (χ4n) is 2.78. The van der Waals surface area contributed by atoms with Crippen LogP contribution in [-0.4, -0.2) is 56.3 Å². The minimum Gasteiger partial charge on any atom is -0.484 e. The van der Waals surface area contributed by atoms with Crippen LogP contribution in [0.5, 0.6) is 5.75 Å². The topological polar surface area (TPSA) is 66.9 Å². The molecule has 10 heteroatoms. The minimum absolute atomic E-state index is 0.0709. The van der Waals surface area contributed by atoms with Gasteiger partial charge in [-0.2, -0.15) is 4.31 Å². The summed E-state index contributed by atoms with van der Waals surface area (Å²) in [6, 6.07) is 9.99.